The van der Waals surface area contributed by atoms with Gasteiger partial charge in [0.2, 0.25) is 5.91 Å². The van der Waals surface area contributed by atoms with E-state index in [0.29, 0.717) is 18.5 Å². The lowest BCUT2D eigenvalue weighted by Gasteiger charge is -2.07. The Hall–Kier alpha value is -1.69. The molecule has 0 saturated carbocycles. The molecule has 0 saturated heterocycles. The molecule has 1 aromatic rings. The lowest BCUT2D eigenvalue weighted by Crippen LogP contribution is -2.28. The molecule has 0 aliphatic heterocycles. The third-order valence-electron chi connectivity index (χ3n) is 2.49. The molecular weight excluding hydrogens is 254 g/mol. The van der Waals surface area contributed by atoms with Crippen LogP contribution in [0.25, 0.3) is 0 Å². The fourth-order valence-corrected chi connectivity index (χ4v) is 1.53. The van der Waals surface area contributed by atoms with Crippen molar-refractivity contribution in [1.82, 2.24) is 5.32 Å². The molecule has 0 heterocycles. The Bertz CT molecular complexity index is 400. The first-order valence-corrected chi connectivity index (χ1v) is 6.05. The number of alkyl halides is 2. The summed E-state index contributed by atoms with van der Waals surface area (Å²) in [6.07, 6.45) is -1.61. The average molecular weight is 272 g/mol. The molecule has 0 radical (unpaired) electrons. The Morgan fingerprint density at radius 1 is 1.37 bits per heavy atom. The van der Waals surface area contributed by atoms with Gasteiger partial charge in [0.15, 0.2) is 0 Å². The minimum Gasteiger partial charge on any atom is -0.399 e. The number of para-hydroxylation sites is 1. The van der Waals surface area contributed by atoms with E-state index < -0.39 is 13.0 Å². The fraction of sp³-hybridized carbons (Fsp3) is 0.462. The van der Waals surface area contributed by atoms with Gasteiger partial charge in [-0.05, 0) is 18.1 Å². The van der Waals surface area contributed by atoms with Gasteiger partial charge in [0.1, 0.15) is 6.61 Å². The Balaban J connectivity index is 2.13. The molecule has 1 amide bonds. The number of carbonyl (C=O) groups is 1. The predicted molar refractivity (Wildman–Crippen MR) is 69.0 cm³/mol. The number of halogens is 2. The minimum absolute atomic E-state index is 0.0869. The number of carbonyl (C=O) groups excluding carboxylic acids is 1. The molecule has 1 aromatic carbocycles. The topological polar surface area (TPSA) is 64.4 Å². The summed E-state index contributed by atoms with van der Waals surface area (Å²) in [6, 6.07) is 7.35. The van der Waals surface area contributed by atoms with Gasteiger partial charge in [-0.3, -0.25) is 4.79 Å². The standard InChI is InChI=1S/C13H18F2N2O2/c14-12(15)9-19-8-7-17-13(18)6-5-10-3-1-2-4-11(10)16/h1-4,12H,5-9,16H2,(H,17,18). The van der Waals surface area contributed by atoms with Crippen molar-refractivity contribution in [2.24, 2.45) is 0 Å². The second kappa shape index (κ2) is 8.42. The van der Waals surface area contributed by atoms with Crippen LogP contribution in [0.15, 0.2) is 24.3 Å². The molecule has 4 nitrogen and oxygen atoms in total. The number of aryl methyl sites for hydroxylation is 1. The first kappa shape index (κ1) is 15.4. The van der Waals surface area contributed by atoms with E-state index in [2.05, 4.69) is 10.1 Å². The summed E-state index contributed by atoms with van der Waals surface area (Å²) in [7, 11) is 0. The zero-order valence-corrected chi connectivity index (χ0v) is 10.6. The summed E-state index contributed by atoms with van der Waals surface area (Å²) in [5, 5.41) is 2.60. The molecule has 6 heteroatoms. The maximum atomic E-state index is 11.7. The van der Waals surface area contributed by atoms with Crippen molar-refractivity contribution in [2.75, 3.05) is 25.5 Å². The number of nitrogens with two attached hydrogens (primary N) is 1. The molecule has 19 heavy (non-hydrogen) atoms. The van der Waals surface area contributed by atoms with Gasteiger partial charge in [-0.15, -0.1) is 0 Å². The van der Waals surface area contributed by atoms with E-state index in [9.17, 15) is 13.6 Å². The normalized spacial score (nSPS) is 10.7. The number of benzene rings is 1. The van der Waals surface area contributed by atoms with Crippen LogP contribution in [0.1, 0.15) is 12.0 Å². The van der Waals surface area contributed by atoms with Crippen LogP contribution < -0.4 is 11.1 Å². The van der Waals surface area contributed by atoms with Gasteiger partial charge >= 0.3 is 0 Å². The fourth-order valence-electron chi connectivity index (χ4n) is 1.53. The van der Waals surface area contributed by atoms with Gasteiger partial charge < -0.3 is 15.8 Å². The molecular formula is C13H18F2N2O2. The summed E-state index contributed by atoms with van der Waals surface area (Å²) in [5.41, 5.74) is 7.34. The van der Waals surface area contributed by atoms with Crippen LogP contribution in [0.3, 0.4) is 0 Å². The Labute approximate surface area is 110 Å². The van der Waals surface area contributed by atoms with E-state index in [1.54, 1.807) is 6.07 Å². The van der Waals surface area contributed by atoms with Crippen molar-refractivity contribution < 1.29 is 18.3 Å². The number of ether oxygens (including phenoxy) is 1. The van der Waals surface area contributed by atoms with Crippen LogP contribution in [0.2, 0.25) is 0 Å². The van der Waals surface area contributed by atoms with E-state index in [0.717, 1.165) is 5.56 Å². The highest BCUT2D eigenvalue weighted by Crippen LogP contribution is 2.12. The lowest BCUT2D eigenvalue weighted by atomic mass is 10.1. The van der Waals surface area contributed by atoms with Crippen molar-refractivity contribution in [1.29, 1.82) is 0 Å². The van der Waals surface area contributed by atoms with Gasteiger partial charge in [0.25, 0.3) is 6.43 Å². The summed E-state index contributed by atoms with van der Waals surface area (Å²) in [4.78, 5) is 11.5. The monoisotopic (exact) mass is 272 g/mol. The zero-order chi connectivity index (χ0) is 14.1. The van der Waals surface area contributed by atoms with E-state index in [-0.39, 0.29) is 19.1 Å². The molecule has 0 fully saturated rings. The summed E-state index contributed by atoms with van der Waals surface area (Å²) in [5.74, 6) is -0.149. The highest BCUT2D eigenvalue weighted by molar-refractivity contribution is 5.76. The van der Waals surface area contributed by atoms with Gasteiger partial charge in [0.05, 0.1) is 6.61 Å². The summed E-state index contributed by atoms with van der Waals surface area (Å²) >= 11 is 0. The third kappa shape index (κ3) is 6.71. The van der Waals surface area contributed by atoms with E-state index in [4.69, 9.17) is 5.73 Å². The molecule has 0 aliphatic carbocycles. The molecule has 0 aromatic heterocycles. The van der Waals surface area contributed by atoms with Gasteiger partial charge in [-0.25, -0.2) is 8.78 Å². The van der Waals surface area contributed by atoms with Crippen molar-refractivity contribution in [2.45, 2.75) is 19.3 Å². The minimum atomic E-state index is -2.48. The van der Waals surface area contributed by atoms with Crippen molar-refractivity contribution in [3.05, 3.63) is 29.8 Å². The molecule has 1 rings (SSSR count). The highest BCUT2D eigenvalue weighted by Gasteiger charge is 2.05. The largest absolute Gasteiger partial charge is 0.399 e. The van der Waals surface area contributed by atoms with Crippen LogP contribution in [-0.2, 0) is 16.0 Å². The smallest absolute Gasteiger partial charge is 0.261 e. The number of nitrogens with one attached hydrogen (secondary N) is 1. The second-order valence-corrected chi connectivity index (χ2v) is 4.01. The van der Waals surface area contributed by atoms with Gasteiger partial charge in [0, 0.05) is 18.7 Å². The first-order valence-electron chi connectivity index (χ1n) is 6.05. The van der Waals surface area contributed by atoms with Crippen LogP contribution >= 0.6 is 0 Å². The number of hydrogen-bond donors (Lipinski definition) is 2. The molecule has 3 N–H and O–H groups in total. The van der Waals surface area contributed by atoms with Crippen LogP contribution in [0.5, 0.6) is 0 Å². The SMILES string of the molecule is Nc1ccccc1CCC(=O)NCCOCC(F)F. The van der Waals surface area contributed by atoms with Crippen LogP contribution in [-0.4, -0.2) is 32.1 Å². The van der Waals surface area contributed by atoms with Crippen molar-refractivity contribution in [3.63, 3.8) is 0 Å². The number of nitrogen functional groups attached to an aromatic ring is 1. The Morgan fingerprint density at radius 2 is 2.11 bits per heavy atom. The van der Waals surface area contributed by atoms with E-state index in [1.807, 2.05) is 18.2 Å². The van der Waals surface area contributed by atoms with Crippen LogP contribution in [0, 0.1) is 0 Å². The second-order valence-electron chi connectivity index (χ2n) is 4.01. The third-order valence-corrected chi connectivity index (χ3v) is 2.49. The maximum absolute atomic E-state index is 11.7. The maximum Gasteiger partial charge on any atom is 0.261 e. The molecule has 0 atom stereocenters. The first-order chi connectivity index (χ1) is 9.09. The number of rotatable bonds is 8. The predicted octanol–water partition coefficient (Wildman–Crippen LogP) is 1.60. The Morgan fingerprint density at radius 3 is 2.79 bits per heavy atom. The van der Waals surface area contributed by atoms with E-state index >= 15 is 0 Å². The van der Waals surface area contributed by atoms with Crippen LogP contribution in [0.4, 0.5) is 14.5 Å². The molecule has 0 unspecified atom stereocenters. The zero-order valence-electron chi connectivity index (χ0n) is 10.6. The number of amides is 1. The number of hydrogen-bond acceptors (Lipinski definition) is 3. The number of anilines is 1. The summed E-state index contributed by atoms with van der Waals surface area (Å²) in [6.45, 7) is -0.282. The van der Waals surface area contributed by atoms with Crippen molar-refractivity contribution in [3.8, 4) is 0 Å². The highest BCUT2D eigenvalue weighted by atomic mass is 19.3. The molecule has 0 spiro atoms. The summed E-state index contributed by atoms with van der Waals surface area (Å²) < 4.78 is 28.1. The molecule has 0 aliphatic rings. The molecule has 106 valence electrons. The quantitative estimate of drug-likeness (QED) is 0.558. The van der Waals surface area contributed by atoms with Crippen molar-refractivity contribution >= 4 is 11.6 Å². The van der Waals surface area contributed by atoms with Gasteiger partial charge in [-0.1, -0.05) is 18.2 Å². The lowest BCUT2D eigenvalue weighted by molar-refractivity contribution is -0.121. The average Bonchev–Trinajstić information content (AvgIpc) is 2.37. The van der Waals surface area contributed by atoms with Gasteiger partial charge in [-0.2, -0.15) is 0 Å². The van der Waals surface area contributed by atoms with E-state index in [1.165, 1.54) is 0 Å². The Kier molecular flexibility index (Phi) is 6.81. The molecule has 0 bridgehead atoms.